The molecular weight excluding hydrogens is 310 g/mol. The van der Waals surface area contributed by atoms with E-state index >= 15 is 0 Å². The van der Waals surface area contributed by atoms with Crippen LogP contribution in [-0.2, 0) is 6.54 Å². The summed E-state index contributed by atoms with van der Waals surface area (Å²) in [5.41, 5.74) is 3.04. The molecule has 4 rings (SSSR count). The summed E-state index contributed by atoms with van der Waals surface area (Å²) in [4.78, 5) is 22.0. The number of benzene rings is 1. The van der Waals surface area contributed by atoms with Crippen molar-refractivity contribution in [1.29, 1.82) is 0 Å². The highest BCUT2D eigenvalue weighted by Gasteiger charge is 2.31. The maximum Gasteiger partial charge on any atom is 0.254 e. The van der Waals surface area contributed by atoms with E-state index < -0.39 is 0 Å². The molecule has 4 heteroatoms. The van der Waals surface area contributed by atoms with Gasteiger partial charge in [-0.3, -0.25) is 14.7 Å². The van der Waals surface area contributed by atoms with E-state index in [1.165, 1.54) is 31.5 Å². The summed E-state index contributed by atoms with van der Waals surface area (Å²) in [6.07, 6.45) is 6.43. The maximum atomic E-state index is 13.1. The van der Waals surface area contributed by atoms with Crippen molar-refractivity contribution in [2.45, 2.75) is 38.3 Å². The van der Waals surface area contributed by atoms with Crippen molar-refractivity contribution in [3.05, 3.63) is 65.5 Å². The highest BCUT2D eigenvalue weighted by molar-refractivity contribution is 5.94. The first-order chi connectivity index (χ1) is 12.3. The molecule has 0 spiro atoms. The number of carbonyl (C=O) groups excluding carboxylic acids is 1. The fraction of sp³-hybridized carbons (Fsp3) is 0.429. The Morgan fingerprint density at radius 1 is 1.04 bits per heavy atom. The van der Waals surface area contributed by atoms with Gasteiger partial charge in [0.25, 0.3) is 5.91 Å². The minimum absolute atomic E-state index is 0.107. The van der Waals surface area contributed by atoms with Crippen LogP contribution in [0, 0.1) is 0 Å². The van der Waals surface area contributed by atoms with Gasteiger partial charge in [-0.25, -0.2) is 0 Å². The molecule has 2 aliphatic rings. The van der Waals surface area contributed by atoms with Crippen LogP contribution in [0.5, 0.6) is 0 Å². The van der Waals surface area contributed by atoms with Gasteiger partial charge in [0.15, 0.2) is 0 Å². The minimum atomic E-state index is 0.107. The number of nitrogens with zero attached hydrogens (tertiary/aromatic N) is 3. The first kappa shape index (κ1) is 16.3. The fourth-order valence-electron chi connectivity index (χ4n) is 4.06. The highest BCUT2D eigenvalue weighted by Crippen LogP contribution is 2.32. The molecule has 4 nitrogen and oxygen atoms in total. The normalized spacial score (nSPS) is 21.0. The topological polar surface area (TPSA) is 36.4 Å². The maximum absolute atomic E-state index is 13.1. The predicted octanol–water partition coefficient (Wildman–Crippen LogP) is 3.65. The SMILES string of the molecule is O=C(c1cccc(CN2CCCC2)c1)N1CCCC1c1ccccn1. The fourth-order valence-corrected chi connectivity index (χ4v) is 4.06. The number of hydrogen-bond acceptors (Lipinski definition) is 3. The van der Waals surface area contributed by atoms with Gasteiger partial charge in [-0.15, -0.1) is 0 Å². The Kier molecular flexibility index (Phi) is 4.79. The molecule has 2 saturated heterocycles. The first-order valence-electron chi connectivity index (χ1n) is 9.34. The van der Waals surface area contributed by atoms with Gasteiger partial charge in [0, 0.05) is 24.8 Å². The standard InChI is InChI=1S/C21H25N3O/c25-21(24-14-6-10-20(24)19-9-1-2-11-22-19)18-8-5-7-17(15-18)16-23-12-3-4-13-23/h1-2,5,7-9,11,15,20H,3-4,6,10,12-14,16H2. The number of aromatic nitrogens is 1. The minimum Gasteiger partial charge on any atom is -0.330 e. The van der Waals surface area contributed by atoms with Gasteiger partial charge in [-0.2, -0.15) is 0 Å². The molecule has 2 aromatic rings. The van der Waals surface area contributed by atoms with Crippen LogP contribution >= 0.6 is 0 Å². The molecule has 1 amide bonds. The lowest BCUT2D eigenvalue weighted by Crippen LogP contribution is -2.31. The van der Waals surface area contributed by atoms with Gasteiger partial charge < -0.3 is 4.90 Å². The van der Waals surface area contributed by atoms with E-state index in [4.69, 9.17) is 0 Å². The Balaban J connectivity index is 1.51. The number of likely N-dealkylation sites (tertiary alicyclic amines) is 2. The molecule has 1 atom stereocenters. The van der Waals surface area contributed by atoms with Crippen molar-refractivity contribution in [1.82, 2.24) is 14.8 Å². The van der Waals surface area contributed by atoms with Crippen molar-refractivity contribution < 1.29 is 4.79 Å². The number of hydrogen-bond donors (Lipinski definition) is 0. The average Bonchev–Trinajstić information content (AvgIpc) is 3.34. The lowest BCUT2D eigenvalue weighted by atomic mass is 10.1. The number of carbonyl (C=O) groups is 1. The molecule has 0 radical (unpaired) electrons. The van der Waals surface area contributed by atoms with Crippen LogP contribution in [0.4, 0.5) is 0 Å². The zero-order chi connectivity index (χ0) is 17.1. The van der Waals surface area contributed by atoms with E-state index in [0.29, 0.717) is 0 Å². The third kappa shape index (κ3) is 3.59. The summed E-state index contributed by atoms with van der Waals surface area (Å²) in [7, 11) is 0. The van der Waals surface area contributed by atoms with Gasteiger partial charge in [0.05, 0.1) is 11.7 Å². The Bertz CT molecular complexity index is 725. The highest BCUT2D eigenvalue weighted by atomic mass is 16.2. The molecule has 2 aliphatic heterocycles. The second kappa shape index (κ2) is 7.36. The van der Waals surface area contributed by atoms with Gasteiger partial charge in [-0.05, 0) is 68.6 Å². The first-order valence-corrected chi connectivity index (χ1v) is 9.34. The quantitative estimate of drug-likeness (QED) is 0.856. The summed E-state index contributed by atoms with van der Waals surface area (Å²) < 4.78 is 0. The molecule has 0 aliphatic carbocycles. The Morgan fingerprint density at radius 3 is 2.72 bits per heavy atom. The second-order valence-electron chi connectivity index (χ2n) is 7.09. The predicted molar refractivity (Wildman–Crippen MR) is 98.2 cm³/mol. The van der Waals surface area contributed by atoms with Crippen LogP contribution in [-0.4, -0.2) is 40.3 Å². The van der Waals surface area contributed by atoms with Crippen molar-refractivity contribution >= 4 is 5.91 Å². The van der Waals surface area contributed by atoms with Gasteiger partial charge in [-0.1, -0.05) is 18.2 Å². The van der Waals surface area contributed by atoms with Crippen molar-refractivity contribution in [2.24, 2.45) is 0 Å². The lowest BCUT2D eigenvalue weighted by molar-refractivity contribution is 0.0732. The van der Waals surface area contributed by atoms with Crippen LogP contribution < -0.4 is 0 Å². The van der Waals surface area contributed by atoms with Crippen LogP contribution in [0.25, 0.3) is 0 Å². The Labute approximate surface area is 149 Å². The van der Waals surface area contributed by atoms with Gasteiger partial charge >= 0.3 is 0 Å². The van der Waals surface area contributed by atoms with Crippen LogP contribution in [0.2, 0.25) is 0 Å². The van der Waals surface area contributed by atoms with Gasteiger partial charge in [0.2, 0.25) is 0 Å². The molecule has 2 fully saturated rings. The summed E-state index contributed by atoms with van der Waals surface area (Å²) in [5, 5.41) is 0. The monoisotopic (exact) mass is 335 g/mol. The third-order valence-corrected chi connectivity index (χ3v) is 5.32. The summed E-state index contributed by atoms with van der Waals surface area (Å²) in [5.74, 6) is 0.136. The Morgan fingerprint density at radius 2 is 1.92 bits per heavy atom. The zero-order valence-electron chi connectivity index (χ0n) is 14.6. The van der Waals surface area contributed by atoms with Crippen molar-refractivity contribution in [3.63, 3.8) is 0 Å². The van der Waals surface area contributed by atoms with Crippen LogP contribution in [0.1, 0.15) is 53.3 Å². The van der Waals surface area contributed by atoms with E-state index in [1.807, 2.05) is 41.4 Å². The molecule has 0 saturated carbocycles. The smallest absolute Gasteiger partial charge is 0.254 e. The number of pyridine rings is 1. The molecule has 0 N–H and O–H groups in total. The van der Waals surface area contributed by atoms with E-state index in [9.17, 15) is 4.79 Å². The van der Waals surface area contributed by atoms with E-state index in [1.54, 1.807) is 0 Å². The summed E-state index contributed by atoms with van der Waals surface area (Å²) >= 11 is 0. The molecule has 1 unspecified atom stereocenters. The van der Waals surface area contributed by atoms with Crippen molar-refractivity contribution in [2.75, 3.05) is 19.6 Å². The average molecular weight is 335 g/mol. The van der Waals surface area contributed by atoms with E-state index in [0.717, 1.165) is 37.2 Å². The summed E-state index contributed by atoms with van der Waals surface area (Å²) in [6.45, 7) is 4.11. The second-order valence-corrected chi connectivity index (χ2v) is 7.09. The number of rotatable bonds is 4. The van der Waals surface area contributed by atoms with E-state index in [-0.39, 0.29) is 11.9 Å². The Hall–Kier alpha value is -2.20. The molecule has 0 bridgehead atoms. The third-order valence-electron chi connectivity index (χ3n) is 5.32. The van der Waals surface area contributed by atoms with E-state index in [2.05, 4.69) is 22.0 Å². The summed E-state index contributed by atoms with van der Waals surface area (Å²) in [6, 6.07) is 14.2. The molecule has 1 aromatic carbocycles. The zero-order valence-corrected chi connectivity index (χ0v) is 14.6. The molecule has 1 aromatic heterocycles. The van der Waals surface area contributed by atoms with Crippen molar-refractivity contribution in [3.8, 4) is 0 Å². The van der Waals surface area contributed by atoms with Crippen LogP contribution in [0.15, 0.2) is 48.7 Å². The van der Waals surface area contributed by atoms with Gasteiger partial charge in [0.1, 0.15) is 0 Å². The molecule has 25 heavy (non-hydrogen) atoms. The molecular formula is C21H25N3O. The number of amides is 1. The molecule has 130 valence electrons. The lowest BCUT2D eigenvalue weighted by Gasteiger charge is -2.24. The molecule has 3 heterocycles. The largest absolute Gasteiger partial charge is 0.330 e. The van der Waals surface area contributed by atoms with Crippen LogP contribution in [0.3, 0.4) is 0 Å².